The first-order valence-corrected chi connectivity index (χ1v) is 5.33. The van der Waals surface area contributed by atoms with E-state index in [1.807, 2.05) is 0 Å². The van der Waals surface area contributed by atoms with Gasteiger partial charge in [-0.15, -0.1) is 0 Å². The lowest BCUT2D eigenvalue weighted by atomic mass is 9.94. The molecule has 0 bridgehead atoms. The van der Waals surface area contributed by atoms with E-state index < -0.39 is 0 Å². The Bertz CT molecular complexity index is 303. The second kappa shape index (κ2) is 4.67. The number of rotatable bonds is 4. The molecule has 0 heterocycles. The molecule has 2 nitrogen and oxygen atoms in total. The van der Waals surface area contributed by atoms with Crippen LogP contribution < -0.4 is 4.90 Å². The molecule has 0 spiro atoms. The van der Waals surface area contributed by atoms with Gasteiger partial charge in [-0.3, -0.25) is 0 Å². The Balaban J connectivity index is 2.69. The van der Waals surface area contributed by atoms with E-state index in [0.717, 1.165) is 6.54 Å². The topological polar surface area (TPSA) is 23.5 Å². The lowest BCUT2D eigenvalue weighted by molar-refractivity contribution is 0.165. The first-order chi connectivity index (χ1) is 6.94. The third kappa shape index (κ3) is 3.56. The van der Waals surface area contributed by atoms with Crippen LogP contribution in [-0.4, -0.2) is 25.3 Å². The van der Waals surface area contributed by atoms with Gasteiger partial charge in [0.25, 0.3) is 0 Å². The molecule has 0 aliphatic heterocycles. The Morgan fingerprint density at radius 2 is 1.73 bits per heavy atom. The minimum absolute atomic E-state index is 0.0559. The molecule has 1 rings (SSSR count). The quantitative estimate of drug-likeness (QED) is 0.819. The Morgan fingerprint density at radius 3 is 2.20 bits per heavy atom. The van der Waals surface area contributed by atoms with Crippen LogP contribution in [0.25, 0.3) is 0 Å². The maximum atomic E-state index is 9.21. The number of anilines is 1. The van der Waals surface area contributed by atoms with Gasteiger partial charge in [0.15, 0.2) is 0 Å². The summed E-state index contributed by atoms with van der Waals surface area (Å²) in [5.74, 6) is 0. The summed E-state index contributed by atoms with van der Waals surface area (Å²) in [7, 11) is 2.06. The van der Waals surface area contributed by atoms with Crippen LogP contribution in [0.4, 0.5) is 5.69 Å². The van der Waals surface area contributed by atoms with E-state index in [9.17, 15) is 5.11 Å². The largest absolute Gasteiger partial charge is 0.396 e. The summed E-state index contributed by atoms with van der Waals surface area (Å²) >= 11 is 0. The van der Waals surface area contributed by atoms with Crippen molar-refractivity contribution in [2.24, 2.45) is 5.41 Å². The highest BCUT2D eigenvalue weighted by atomic mass is 16.3. The highest BCUT2D eigenvalue weighted by molar-refractivity contribution is 5.46. The van der Waals surface area contributed by atoms with Gasteiger partial charge in [-0.05, 0) is 19.1 Å². The number of nitrogens with zero attached hydrogens (tertiary/aromatic N) is 1. The van der Waals surface area contributed by atoms with Crippen LogP contribution >= 0.6 is 0 Å². The van der Waals surface area contributed by atoms with E-state index in [0.29, 0.717) is 0 Å². The van der Waals surface area contributed by atoms with Crippen molar-refractivity contribution in [1.29, 1.82) is 0 Å². The summed E-state index contributed by atoms with van der Waals surface area (Å²) in [4.78, 5) is 2.18. The van der Waals surface area contributed by atoms with Gasteiger partial charge < -0.3 is 10.0 Å². The average molecular weight is 207 g/mol. The number of aliphatic hydroxyl groups is 1. The van der Waals surface area contributed by atoms with Gasteiger partial charge in [0.2, 0.25) is 0 Å². The lowest BCUT2D eigenvalue weighted by Gasteiger charge is -2.30. The molecule has 84 valence electrons. The summed E-state index contributed by atoms with van der Waals surface area (Å²) in [5, 5.41) is 9.21. The smallest absolute Gasteiger partial charge is 0.0499 e. The van der Waals surface area contributed by atoms with Crippen molar-refractivity contribution in [1.82, 2.24) is 0 Å². The molecule has 1 aromatic rings. The summed E-state index contributed by atoms with van der Waals surface area (Å²) in [5.41, 5.74) is 2.41. The first-order valence-electron chi connectivity index (χ1n) is 5.33. The van der Waals surface area contributed by atoms with E-state index in [-0.39, 0.29) is 12.0 Å². The van der Waals surface area contributed by atoms with Gasteiger partial charge >= 0.3 is 0 Å². The molecule has 0 fully saturated rings. The van der Waals surface area contributed by atoms with Gasteiger partial charge in [0, 0.05) is 31.3 Å². The van der Waals surface area contributed by atoms with Crippen LogP contribution in [-0.2, 0) is 0 Å². The maximum Gasteiger partial charge on any atom is 0.0499 e. The van der Waals surface area contributed by atoms with Crippen LogP contribution in [0.5, 0.6) is 0 Å². The summed E-state index contributed by atoms with van der Waals surface area (Å²) in [6, 6.07) is 8.45. The number of hydrogen-bond donors (Lipinski definition) is 1. The highest BCUT2D eigenvalue weighted by Crippen LogP contribution is 2.20. The Morgan fingerprint density at radius 1 is 1.20 bits per heavy atom. The van der Waals surface area contributed by atoms with Crippen molar-refractivity contribution < 1.29 is 5.11 Å². The van der Waals surface area contributed by atoms with Crippen LogP contribution in [0.3, 0.4) is 0 Å². The minimum atomic E-state index is -0.0559. The van der Waals surface area contributed by atoms with Crippen molar-refractivity contribution in [2.75, 3.05) is 25.1 Å². The maximum absolute atomic E-state index is 9.21. The zero-order valence-corrected chi connectivity index (χ0v) is 10.1. The number of hydrogen-bond acceptors (Lipinski definition) is 2. The molecular weight excluding hydrogens is 186 g/mol. The predicted octanol–water partition coefficient (Wildman–Crippen LogP) is 2.45. The fourth-order valence-electron chi connectivity index (χ4n) is 1.58. The molecule has 0 aliphatic carbocycles. The average Bonchev–Trinajstić information content (AvgIpc) is 2.18. The van der Waals surface area contributed by atoms with Gasteiger partial charge in [0.05, 0.1) is 0 Å². The lowest BCUT2D eigenvalue weighted by Crippen LogP contribution is -2.33. The fourth-order valence-corrected chi connectivity index (χ4v) is 1.58. The number of aliphatic hydroxyl groups excluding tert-OH is 1. The Kier molecular flexibility index (Phi) is 3.75. The zero-order valence-electron chi connectivity index (χ0n) is 10.1. The van der Waals surface area contributed by atoms with E-state index in [1.54, 1.807) is 0 Å². The molecular formula is C13H21NO. The molecule has 0 aromatic heterocycles. The molecule has 0 atom stereocenters. The third-order valence-electron chi connectivity index (χ3n) is 2.57. The van der Waals surface area contributed by atoms with Crippen molar-refractivity contribution in [3.05, 3.63) is 29.8 Å². The molecule has 0 radical (unpaired) electrons. The van der Waals surface area contributed by atoms with Crippen molar-refractivity contribution >= 4 is 5.69 Å². The molecule has 15 heavy (non-hydrogen) atoms. The molecule has 2 heteroatoms. The molecule has 0 amide bonds. The highest BCUT2D eigenvalue weighted by Gasteiger charge is 2.18. The number of benzene rings is 1. The first kappa shape index (κ1) is 12.1. The van der Waals surface area contributed by atoms with Crippen molar-refractivity contribution in [2.45, 2.75) is 20.8 Å². The summed E-state index contributed by atoms with van der Waals surface area (Å²) in [6.07, 6.45) is 0. The molecule has 1 aromatic carbocycles. The third-order valence-corrected chi connectivity index (χ3v) is 2.57. The molecule has 0 saturated carbocycles. The van der Waals surface area contributed by atoms with Gasteiger partial charge in [-0.1, -0.05) is 31.5 Å². The molecule has 0 aliphatic rings. The standard InChI is InChI=1S/C13H21NO/c1-11-5-7-12(8-6-11)14(4)9-13(2,3)10-15/h5-8,15H,9-10H2,1-4H3. The van der Waals surface area contributed by atoms with Gasteiger partial charge in [-0.25, -0.2) is 0 Å². The minimum Gasteiger partial charge on any atom is -0.396 e. The zero-order chi connectivity index (χ0) is 11.5. The van der Waals surface area contributed by atoms with Crippen LogP contribution in [0.1, 0.15) is 19.4 Å². The van der Waals surface area contributed by atoms with Crippen LogP contribution in [0.15, 0.2) is 24.3 Å². The SMILES string of the molecule is Cc1ccc(N(C)CC(C)(C)CO)cc1. The monoisotopic (exact) mass is 207 g/mol. The number of aryl methyl sites for hydroxylation is 1. The van der Waals surface area contributed by atoms with Gasteiger partial charge in [0.1, 0.15) is 0 Å². The van der Waals surface area contributed by atoms with E-state index in [2.05, 4.69) is 57.0 Å². The molecule has 0 unspecified atom stereocenters. The van der Waals surface area contributed by atoms with Crippen molar-refractivity contribution in [3.63, 3.8) is 0 Å². The summed E-state index contributed by atoms with van der Waals surface area (Å²) in [6.45, 7) is 7.28. The second-order valence-electron chi connectivity index (χ2n) is 5.01. The Hall–Kier alpha value is -1.02. The Labute approximate surface area is 92.5 Å². The van der Waals surface area contributed by atoms with Crippen LogP contribution in [0, 0.1) is 12.3 Å². The fraction of sp³-hybridized carbons (Fsp3) is 0.538. The van der Waals surface area contributed by atoms with Crippen LogP contribution in [0.2, 0.25) is 0 Å². The second-order valence-corrected chi connectivity index (χ2v) is 5.01. The van der Waals surface area contributed by atoms with E-state index in [1.165, 1.54) is 11.3 Å². The predicted molar refractivity (Wildman–Crippen MR) is 65.3 cm³/mol. The van der Waals surface area contributed by atoms with E-state index in [4.69, 9.17) is 0 Å². The normalized spacial score (nSPS) is 11.5. The van der Waals surface area contributed by atoms with Crippen molar-refractivity contribution in [3.8, 4) is 0 Å². The summed E-state index contributed by atoms with van der Waals surface area (Å²) < 4.78 is 0. The van der Waals surface area contributed by atoms with E-state index >= 15 is 0 Å². The van der Waals surface area contributed by atoms with Gasteiger partial charge in [-0.2, -0.15) is 0 Å². The molecule has 0 saturated heterocycles. The molecule has 1 N–H and O–H groups in total.